The van der Waals surface area contributed by atoms with Crippen molar-refractivity contribution in [2.24, 2.45) is 0 Å². The Balaban J connectivity index is 0.00000336. The summed E-state index contributed by atoms with van der Waals surface area (Å²) in [7, 11) is 2.15. The van der Waals surface area contributed by atoms with Gasteiger partial charge in [-0.2, -0.15) is 4.98 Å². The van der Waals surface area contributed by atoms with Crippen LogP contribution in [0.5, 0.6) is 0 Å². The fourth-order valence-corrected chi connectivity index (χ4v) is 4.98. The van der Waals surface area contributed by atoms with Crippen molar-refractivity contribution in [1.82, 2.24) is 24.6 Å². The Bertz CT molecular complexity index is 1210. The van der Waals surface area contributed by atoms with Gasteiger partial charge in [0.05, 0.1) is 5.69 Å². The van der Waals surface area contributed by atoms with Crippen molar-refractivity contribution < 1.29 is 10.2 Å². The van der Waals surface area contributed by atoms with Crippen LogP contribution < -0.4 is 15.1 Å². The van der Waals surface area contributed by atoms with Gasteiger partial charge in [-0.1, -0.05) is 0 Å². The van der Waals surface area contributed by atoms with E-state index in [1.165, 1.54) is 28.8 Å². The highest BCUT2D eigenvalue weighted by atomic mass is 19.1. The SMILES string of the molecule is CN1CCN(c2cc(Nc3ncn(-c4cc(F)cc(F)c4)n3)cc(N3CCN(C(C)(C)C)CC3)c2)CC1.[HH]. The second-order valence-corrected chi connectivity index (χ2v) is 10.9. The van der Waals surface area contributed by atoms with Gasteiger partial charge in [0.1, 0.15) is 18.0 Å². The summed E-state index contributed by atoms with van der Waals surface area (Å²) in [6.07, 6.45) is 1.45. The minimum absolute atomic E-state index is 0. The Morgan fingerprint density at radius 3 is 1.89 bits per heavy atom. The lowest BCUT2D eigenvalue weighted by atomic mass is 10.0. The van der Waals surface area contributed by atoms with Gasteiger partial charge in [-0.25, -0.2) is 13.5 Å². The van der Waals surface area contributed by atoms with Crippen LogP contribution in [0.1, 0.15) is 22.2 Å². The van der Waals surface area contributed by atoms with E-state index in [0.29, 0.717) is 5.95 Å². The third-order valence-electron chi connectivity index (χ3n) is 7.22. The smallest absolute Gasteiger partial charge is 0.246 e. The van der Waals surface area contributed by atoms with Gasteiger partial charge in [0.2, 0.25) is 5.95 Å². The third kappa shape index (κ3) is 6.02. The normalized spacial score (nSPS) is 17.9. The molecule has 0 unspecified atom stereocenters. The lowest BCUT2D eigenvalue weighted by molar-refractivity contribution is 0.128. The van der Waals surface area contributed by atoms with E-state index >= 15 is 0 Å². The van der Waals surface area contributed by atoms with Crippen molar-refractivity contribution in [3.63, 3.8) is 0 Å². The van der Waals surface area contributed by atoms with Crippen molar-refractivity contribution in [1.29, 1.82) is 0 Å². The number of nitrogens with one attached hydrogen (secondary N) is 1. The maximum absolute atomic E-state index is 13.7. The molecule has 0 amide bonds. The molecule has 1 aromatic heterocycles. The summed E-state index contributed by atoms with van der Waals surface area (Å²) in [4.78, 5) is 14.1. The monoisotopic (exact) mass is 512 g/mol. The number of halogens is 2. The summed E-state index contributed by atoms with van der Waals surface area (Å²) < 4.78 is 28.7. The minimum Gasteiger partial charge on any atom is -0.369 e. The first-order chi connectivity index (χ1) is 17.6. The lowest BCUT2D eigenvalue weighted by Crippen LogP contribution is -2.53. The number of nitrogens with zero attached hydrogens (tertiary/aromatic N) is 7. The number of benzene rings is 2. The highest BCUT2D eigenvalue weighted by Gasteiger charge is 2.26. The standard InChI is InChI=1S/C27H36F2N8.H2/c1-27(2,3)36-11-9-35(10-12-36)24-17-22(16-23(18-24)34-7-5-33(4)6-8-34)31-26-30-19-37(32-26)25-14-20(28)13-21(29)15-25;/h13-19H,5-12H2,1-4H3,(H,31,32);1H. The summed E-state index contributed by atoms with van der Waals surface area (Å²) in [6, 6.07) is 9.84. The molecule has 0 aliphatic carbocycles. The molecular formula is C27H38F2N8. The summed E-state index contributed by atoms with van der Waals surface area (Å²) in [5, 5.41) is 7.73. The van der Waals surface area contributed by atoms with Crippen LogP contribution in [0.2, 0.25) is 0 Å². The first-order valence-corrected chi connectivity index (χ1v) is 12.9. The highest BCUT2D eigenvalue weighted by Crippen LogP contribution is 2.31. The molecule has 5 rings (SSSR count). The van der Waals surface area contributed by atoms with E-state index in [1.807, 2.05) is 0 Å². The molecule has 200 valence electrons. The van der Waals surface area contributed by atoms with Crippen LogP contribution in [0.15, 0.2) is 42.7 Å². The molecule has 1 N–H and O–H groups in total. The Morgan fingerprint density at radius 2 is 1.32 bits per heavy atom. The van der Waals surface area contributed by atoms with Crippen molar-refractivity contribution >= 4 is 23.0 Å². The van der Waals surface area contributed by atoms with E-state index in [9.17, 15) is 8.78 Å². The van der Waals surface area contributed by atoms with Crippen LogP contribution in [0, 0.1) is 11.6 Å². The Labute approximate surface area is 219 Å². The molecule has 0 atom stereocenters. The maximum Gasteiger partial charge on any atom is 0.246 e. The van der Waals surface area contributed by atoms with Crippen molar-refractivity contribution in [2.75, 3.05) is 74.5 Å². The molecule has 0 saturated carbocycles. The van der Waals surface area contributed by atoms with Gasteiger partial charge < -0.3 is 20.0 Å². The van der Waals surface area contributed by atoms with Gasteiger partial charge >= 0.3 is 0 Å². The molecule has 2 aromatic carbocycles. The third-order valence-corrected chi connectivity index (χ3v) is 7.22. The second-order valence-electron chi connectivity index (χ2n) is 10.9. The predicted octanol–water partition coefficient (Wildman–Crippen LogP) is 4.21. The van der Waals surface area contributed by atoms with Crippen LogP contribution >= 0.6 is 0 Å². The summed E-state index contributed by atoms with van der Waals surface area (Å²) in [6.45, 7) is 14.7. The average Bonchev–Trinajstić information content (AvgIpc) is 3.32. The number of likely N-dealkylation sites (N-methyl/N-ethyl adjacent to an activating group) is 1. The number of rotatable bonds is 5. The van der Waals surface area contributed by atoms with Gasteiger partial charge in [-0.15, -0.1) is 5.10 Å². The van der Waals surface area contributed by atoms with Gasteiger partial charge in [0, 0.05) is 82.5 Å². The zero-order chi connectivity index (χ0) is 26.2. The molecule has 2 saturated heterocycles. The molecule has 3 aromatic rings. The topological polar surface area (TPSA) is 55.7 Å². The summed E-state index contributed by atoms with van der Waals surface area (Å²) in [5.41, 5.74) is 3.65. The molecular weight excluding hydrogens is 474 g/mol. The molecule has 0 spiro atoms. The number of hydrogen-bond donors (Lipinski definition) is 1. The van der Waals surface area contributed by atoms with Crippen LogP contribution in [-0.2, 0) is 0 Å². The highest BCUT2D eigenvalue weighted by molar-refractivity contribution is 5.71. The van der Waals surface area contributed by atoms with Crippen LogP contribution in [0.25, 0.3) is 5.69 Å². The van der Waals surface area contributed by atoms with Gasteiger partial charge in [0.25, 0.3) is 0 Å². The molecule has 0 radical (unpaired) electrons. The molecule has 0 bridgehead atoms. The Morgan fingerprint density at radius 1 is 0.757 bits per heavy atom. The number of aromatic nitrogens is 3. The molecule has 8 nitrogen and oxygen atoms in total. The quantitative estimate of drug-likeness (QED) is 0.550. The first-order valence-electron chi connectivity index (χ1n) is 12.9. The number of anilines is 4. The molecule has 37 heavy (non-hydrogen) atoms. The van der Waals surface area contributed by atoms with Crippen molar-refractivity contribution in [3.8, 4) is 5.69 Å². The Kier molecular flexibility index (Phi) is 7.04. The van der Waals surface area contributed by atoms with Crippen LogP contribution in [0.3, 0.4) is 0 Å². The zero-order valence-corrected chi connectivity index (χ0v) is 22.1. The van der Waals surface area contributed by atoms with Crippen LogP contribution in [-0.4, -0.2) is 89.5 Å². The largest absolute Gasteiger partial charge is 0.369 e. The molecule has 10 heteroatoms. The van der Waals surface area contributed by atoms with Crippen molar-refractivity contribution in [3.05, 3.63) is 54.4 Å². The van der Waals surface area contributed by atoms with Crippen LogP contribution in [0.4, 0.5) is 31.8 Å². The zero-order valence-electron chi connectivity index (χ0n) is 22.1. The summed E-state index contributed by atoms with van der Waals surface area (Å²) >= 11 is 0. The van der Waals surface area contributed by atoms with Gasteiger partial charge in [-0.05, 0) is 58.2 Å². The Hall–Kier alpha value is -3.24. The van der Waals surface area contributed by atoms with E-state index in [4.69, 9.17) is 0 Å². The predicted molar refractivity (Wildman–Crippen MR) is 146 cm³/mol. The molecule has 2 aliphatic rings. The summed E-state index contributed by atoms with van der Waals surface area (Å²) in [5.74, 6) is -0.948. The number of piperazine rings is 2. The average molecular weight is 513 g/mol. The molecule has 2 aliphatic heterocycles. The fraction of sp³-hybridized carbons (Fsp3) is 0.481. The molecule has 3 heterocycles. The van der Waals surface area contributed by atoms with E-state index in [-0.39, 0.29) is 12.7 Å². The van der Waals surface area contributed by atoms with Gasteiger partial charge in [-0.3, -0.25) is 4.90 Å². The lowest BCUT2D eigenvalue weighted by Gasteiger charge is -2.43. The van der Waals surface area contributed by atoms with E-state index in [2.05, 4.69) is 81.0 Å². The minimum atomic E-state index is -0.656. The maximum atomic E-state index is 13.7. The van der Waals surface area contributed by atoms with Gasteiger partial charge in [0.15, 0.2) is 0 Å². The van der Waals surface area contributed by atoms with E-state index < -0.39 is 11.6 Å². The second kappa shape index (κ2) is 10.3. The van der Waals surface area contributed by atoms with Crippen molar-refractivity contribution in [2.45, 2.75) is 26.3 Å². The van der Waals surface area contributed by atoms with E-state index in [0.717, 1.165) is 69.8 Å². The first kappa shape index (κ1) is 25.4. The molecule has 2 fully saturated rings. The number of hydrogen-bond acceptors (Lipinski definition) is 7. The fourth-order valence-electron chi connectivity index (χ4n) is 4.98. The van der Waals surface area contributed by atoms with E-state index in [1.54, 1.807) is 0 Å².